The van der Waals surface area contributed by atoms with E-state index in [1.165, 1.54) is 18.4 Å². The van der Waals surface area contributed by atoms with Gasteiger partial charge in [0.25, 0.3) is 0 Å². The Morgan fingerprint density at radius 2 is 2.44 bits per heavy atom. The third-order valence-electron chi connectivity index (χ3n) is 2.88. The van der Waals surface area contributed by atoms with Crippen LogP contribution in [0.25, 0.3) is 0 Å². The van der Waals surface area contributed by atoms with E-state index in [9.17, 15) is 9.59 Å². The van der Waals surface area contributed by atoms with Gasteiger partial charge in [-0.15, -0.1) is 11.3 Å². The van der Waals surface area contributed by atoms with Gasteiger partial charge < -0.3 is 15.4 Å². The second-order valence-electron chi connectivity index (χ2n) is 4.19. The minimum atomic E-state index is -0.342. The number of rotatable bonds is 3. The number of hydrogen-bond donors (Lipinski definition) is 2. The molecule has 1 aromatic heterocycles. The second kappa shape index (κ2) is 5.86. The molecule has 2 rings (SSSR count). The molecule has 0 aromatic carbocycles. The van der Waals surface area contributed by atoms with Gasteiger partial charge >= 0.3 is 5.97 Å². The first-order chi connectivity index (χ1) is 8.70. The first-order valence-electron chi connectivity index (χ1n) is 5.89. The second-order valence-corrected chi connectivity index (χ2v) is 5.11. The van der Waals surface area contributed by atoms with E-state index in [2.05, 4.69) is 10.6 Å². The summed E-state index contributed by atoms with van der Waals surface area (Å²) in [6.07, 6.45) is 2.30. The van der Waals surface area contributed by atoms with Gasteiger partial charge in [-0.25, -0.2) is 4.79 Å². The number of thiophene rings is 1. The van der Waals surface area contributed by atoms with Crippen LogP contribution in [0.5, 0.6) is 0 Å². The normalized spacial score (nSPS) is 19.8. The summed E-state index contributed by atoms with van der Waals surface area (Å²) in [6, 6.07) is 1.92. The molecular formula is C12H16N2O3S. The van der Waals surface area contributed by atoms with E-state index in [0.717, 1.165) is 25.1 Å². The van der Waals surface area contributed by atoms with Crippen molar-refractivity contribution in [2.75, 3.05) is 19.0 Å². The molecule has 1 saturated heterocycles. The molecule has 1 atom stereocenters. The fourth-order valence-electron chi connectivity index (χ4n) is 1.99. The lowest BCUT2D eigenvalue weighted by Crippen LogP contribution is -2.27. The number of carbonyl (C=O) groups is 2. The van der Waals surface area contributed by atoms with Gasteiger partial charge in [-0.05, 0) is 24.3 Å². The zero-order valence-electron chi connectivity index (χ0n) is 10.2. The number of hydrogen-bond acceptors (Lipinski definition) is 5. The van der Waals surface area contributed by atoms with E-state index < -0.39 is 0 Å². The predicted octanol–water partition coefficient (Wildman–Crippen LogP) is 1.62. The number of carbonyl (C=O) groups excluding carboxylic acids is 2. The average Bonchev–Trinajstić information content (AvgIpc) is 2.71. The fourth-order valence-corrected chi connectivity index (χ4v) is 2.76. The molecule has 98 valence electrons. The zero-order chi connectivity index (χ0) is 13.0. The summed E-state index contributed by atoms with van der Waals surface area (Å²) in [5, 5.41) is 7.94. The molecule has 0 bridgehead atoms. The van der Waals surface area contributed by atoms with Crippen molar-refractivity contribution in [3.63, 3.8) is 0 Å². The lowest BCUT2D eigenvalue weighted by Gasteiger charge is -2.16. The van der Waals surface area contributed by atoms with Gasteiger partial charge in [-0.1, -0.05) is 0 Å². The standard InChI is InChI=1S/C12H16N2O3S/c1-17-12(16)11-9(4-6-18-11)14-8-3-2-5-13-10(15)7-8/h4,6,8,14H,2-3,5,7H2,1H3,(H,13,15). The lowest BCUT2D eigenvalue weighted by atomic mass is 10.1. The van der Waals surface area contributed by atoms with Crippen molar-refractivity contribution in [1.29, 1.82) is 0 Å². The Morgan fingerprint density at radius 1 is 1.61 bits per heavy atom. The topological polar surface area (TPSA) is 67.4 Å². The van der Waals surface area contributed by atoms with Gasteiger partial charge in [-0.2, -0.15) is 0 Å². The smallest absolute Gasteiger partial charge is 0.350 e. The molecule has 1 aliphatic heterocycles. The molecule has 2 heterocycles. The van der Waals surface area contributed by atoms with E-state index >= 15 is 0 Å². The Bertz CT molecular complexity index is 444. The van der Waals surface area contributed by atoms with Gasteiger partial charge in [0.05, 0.1) is 12.8 Å². The van der Waals surface area contributed by atoms with E-state index in [-0.39, 0.29) is 17.9 Å². The Balaban J connectivity index is 2.06. The largest absolute Gasteiger partial charge is 0.465 e. The third-order valence-corrected chi connectivity index (χ3v) is 3.77. The van der Waals surface area contributed by atoms with Crippen LogP contribution in [0.1, 0.15) is 28.9 Å². The van der Waals surface area contributed by atoms with Gasteiger partial charge in [0.15, 0.2) is 0 Å². The maximum absolute atomic E-state index is 11.5. The number of amides is 1. The fraction of sp³-hybridized carbons (Fsp3) is 0.500. The van der Waals surface area contributed by atoms with Crippen LogP contribution in [0.4, 0.5) is 5.69 Å². The molecule has 0 radical (unpaired) electrons. The number of ether oxygens (including phenoxy) is 1. The summed E-state index contributed by atoms with van der Waals surface area (Å²) in [6.45, 7) is 0.727. The van der Waals surface area contributed by atoms with Crippen molar-refractivity contribution < 1.29 is 14.3 Å². The van der Waals surface area contributed by atoms with Gasteiger partial charge in [0.1, 0.15) is 4.88 Å². The van der Waals surface area contributed by atoms with Crippen LogP contribution < -0.4 is 10.6 Å². The Kier molecular flexibility index (Phi) is 4.19. The van der Waals surface area contributed by atoms with Crippen LogP contribution in [0.2, 0.25) is 0 Å². The molecule has 0 spiro atoms. The Hall–Kier alpha value is -1.56. The third kappa shape index (κ3) is 3.01. The molecule has 1 aliphatic rings. The Labute approximate surface area is 110 Å². The van der Waals surface area contributed by atoms with Crippen molar-refractivity contribution in [1.82, 2.24) is 5.32 Å². The average molecular weight is 268 g/mol. The van der Waals surface area contributed by atoms with Crippen molar-refractivity contribution in [3.05, 3.63) is 16.3 Å². The first-order valence-corrected chi connectivity index (χ1v) is 6.77. The molecule has 2 N–H and O–H groups in total. The number of nitrogens with one attached hydrogen (secondary N) is 2. The summed E-state index contributed by atoms with van der Waals surface area (Å²) in [4.78, 5) is 23.6. The van der Waals surface area contributed by atoms with Crippen LogP contribution in [-0.2, 0) is 9.53 Å². The van der Waals surface area contributed by atoms with Crippen molar-refractivity contribution in [2.24, 2.45) is 0 Å². The summed E-state index contributed by atoms with van der Waals surface area (Å²) < 4.78 is 4.72. The highest BCUT2D eigenvalue weighted by Crippen LogP contribution is 2.25. The zero-order valence-corrected chi connectivity index (χ0v) is 11.0. The molecule has 18 heavy (non-hydrogen) atoms. The predicted molar refractivity (Wildman–Crippen MR) is 69.9 cm³/mol. The highest BCUT2D eigenvalue weighted by atomic mass is 32.1. The van der Waals surface area contributed by atoms with E-state index in [1.54, 1.807) is 0 Å². The van der Waals surface area contributed by atoms with E-state index in [4.69, 9.17) is 4.74 Å². The maximum Gasteiger partial charge on any atom is 0.350 e. The molecule has 1 aromatic rings. The van der Waals surface area contributed by atoms with Crippen molar-refractivity contribution in [3.8, 4) is 0 Å². The summed E-state index contributed by atoms with van der Waals surface area (Å²) in [5.41, 5.74) is 0.756. The highest BCUT2D eigenvalue weighted by molar-refractivity contribution is 7.12. The molecule has 1 unspecified atom stereocenters. The number of anilines is 1. The molecule has 0 saturated carbocycles. The molecule has 5 nitrogen and oxygen atoms in total. The van der Waals surface area contributed by atoms with Crippen LogP contribution >= 0.6 is 11.3 Å². The lowest BCUT2D eigenvalue weighted by molar-refractivity contribution is -0.120. The van der Waals surface area contributed by atoms with E-state index in [0.29, 0.717) is 11.3 Å². The molecule has 1 amide bonds. The maximum atomic E-state index is 11.5. The summed E-state index contributed by atoms with van der Waals surface area (Å²) >= 11 is 1.34. The molecular weight excluding hydrogens is 252 g/mol. The van der Waals surface area contributed by atoms with Crippen molar-refractivity contribution >= 4 is 28.9 Å². The SMILES string of the molecule is COC(=O)c1sccc1NC1CCCNC(=O)C1. The number of esters is 1. The summed E-state index contributed by atoms with van der Waals surface area (Å²) in [5.74, 6) is -0.287. The van der Waals surface area contributed by atoms with Crippen LogP contribution in [-0.4, -0.2) is 31.6 Å². The van der Waals surface area contributed by atoms with Gasteiger partial charge in [-0.3, -0.25) is 4.79 Å². The minimum Gasteiger partial charge on any atom is -0.465 e. The molecule has 0 aliphatic carbocycles. The molecule has 1 fully saturated rings. The quantitative estimate of drug-likeness (QED) is 0.817. The van der Waals surface area contributed by atoms with Gasteiger partial charge in [0, 0.05) is 19.0 Å². The van der Waals surface area contributed by atoms with Crippen LogP contribution in [0.15, 0.2) is 11.4 Å². The van der Waals surface area contributed by atoms with Crippen molar-refractivity contribution in [2.45, 2.75) is 25.3 Å². The van der Waals surface area contributed by atoms with E-state index in [1.807, 2.05) is 11.4 Å². The summed E-state index contributed by atoms with van der Waals surface area (Å²) in [7, 11) is 1.37. The minimum absolute atomic E-state index is 0.0554. The van der Waals surface area contributed by atoms with Crippen LogP contribution in [0.3, 0.4) is 0 Å². The van der Waals surface area contributed by atoms with Crippen LogP contribution in [0, 0.1) is 0 Å². The highest BCUT2D eigenvalue weighted by Gasteiger charge is 2.20. The molecule has 6 heteroatoms. The first kappa shape index (κ1) is 12.9. The monoisotopic (exact) mass is 268 g/mol. The van der Waals surface area contributed by atoms with Gasteiger partial charge in [0.2, 0.25) is 5.91 Å². The Morgan fingerprint density at radius 3 is 3.22 bits per heavy atom. The number of methoxy groups -OCH3 is 1.